The van der Waals surface area contributed by atoms with Crippen LogP contribution in [0.15, 0.2) is 42.6 Å². The van der Waals surface area contributed by atoms with Crippen molar-refractivity contribution < 1.29 is 0 Å². The number of aromatic nitrogens is 1. The van der Waals surface area contributed by atoms with Crippen LogP contribution in [-0.4, -0.2) is 16.4 Å². The smallest absolute Gasteiger partial charge is 0.0592 e. The van der Waals surface area contributed by atoms with E-state index in [1.165, 1.54) is 16.8 Å². The van der Waals surface area contributed by atoms with Crippen LogP contribution in [0, 0.1) is 0 Å². The molecule has 0 N–H and O–H groups in total. The minimum absolute atomic E-state index is 0.732. The third-order valence-corrected chi connectivity index (χ3v) is 3.54. The molecule has 0 fully saturated rings. The summed E-state index contributed by atoms with van der Waals surface area (Å²) < 4.78 is 0. The van der Waals surface area contributed by atoms with Gasteiger partial charge in [-0.2, -0.15) is 0 Å². The lowest BCUT2D eigenvalue weighted by Crippen LogP contribution is -2.30. The summed E-state index contributed by atoms with van der Waals surface area (Å²) in [6, 6.07) is 12.6. The second-order valence-corrected chi connectivity index (χ2v) is 5.14. The van der Waals surface area contributed by atoms with Gasteiger partial charge in [-0.1, -0.05) is 41.9 Å². The van der Waals surface area contributed by atoms with Crippen LogP contribution in [0.25, 0.3) is 0 Å². The first-order chi connectivity index (χ1) is 8.81. The van der Waals surface area contributed by atoms with Crippen molar-refractivity contribution in [1.82, 2.24) is 9.88 Å². The number of rotatable bonds is 2. The van der Waals surface area contributed by atoms with E-state index < -0.39 is 0 Å². The second-order valence-electron chi connectivity index (χ2n) is 4.71. The average Bonchev–Trinajstić information content (AvgIpc) is 2.39. The number of hydrogen-bond acceptors (Lipinski definition) is 2. The summed E-state index contributed by atoms with van der Waals surface area (Å²) in [7, 11) is 0. The van der Waals surface area contributed by atoms with Crippen LogP contribution in [-0.2, 0) is 19.5 Å². The Balaban J connectivity index is 1.75. The van der Waals surface area contributed by atoms with Crippen LogP contribution in [0.1, 0.15) is 16.8 Å². The third kappa shape index (κ3) is 2.55. The molecule has 3 heteroatoms. The van der Waals surface area contributed by atoms with Gasteiger partial charge in [-0.25, -0.2) is 0 Å². The van der Waals surface area contributed by atoms with Crippen molar-refractivity contribution in [2.75, 3.05) is 6.54 Å². The maximum atomic E-state index is 6.00. The molecule has 0 amide bonds. The van der Waals surface area contributed by atoms with E-state index in [0.717, 1.165) is 31.1 Å². The topological polar surface area (TPSA) is 16.1 Å². The monoisotopic (exact) mass is 258 g/mol. The first-order valence-electron chi connectivity index (χ1n) is 6.21. The molecule has 0 saturated carbocycles. The van der Waals surface area contributed by atoms with Crippen LogP contribution < -0.4 is 0 Å². The van der Waals surface area contributed by atoms with E-state index in [9.17, 15) is 0 Å². The van der Waals surface area contributed by atoms with Crippen LogP contribution in [0.3, 0.4) is 0 Å². The minimum atomic E-state index is 0.732. The molecular formula is C15H15ClN2. The Morgan fingerprint density at radius 1 is 1.22 bits per heavy atom. The molecule has 0 atom stereocenters. The van der Waals surface area contributed by atoms with Gasteiger partial charge in [0.15, 0.2) is 0 Å². The van der Waals surface area contributed by atoms with Crippen LogP contribution in [0.5, 0.6) is 0 Å². The summed E-state index contributed by atoms with van der Waals surface area (Å²) in [5.74, 6) is 0. The molecule has 0 radical (unpaired) electrons. The fourth-order valence-electron chi connectivity index (χ4n) is 2.43. The highest BCUT2D eigenvalue weighted by molar-refractivity contribution is 6.30. The predicted octanol–water partition coefficient (Wildman–Crippen LogP) is 3.29. The zero-order chi connectivity index (χ0) is 12.4. The highest BCUT2D eigenvalue weighted by Gasteiger charge is 2.17. The molecule has 0 unspecified atom stereocenters. The summed E-state index contributed by atoms with van der Waals surface area (Å²) >= 11 is 6.00. The van der Waals surface area contributed by atoms with E-state index in [-0.39, 0.29) is 0 Å². The number of pyridine rings is 1. The molecule has 2 nitrogen and oxygen atoms in total. The Morgan fingerprint density at radius 2 is 2.06 bits per heavy atom. The minimum Gasteiger partial charge on any atom is -0.294 e. The Hall–Kier alpha value is -1.38. The van der Waals surface area contributed by atoms with Gasteiger partial charge in [0, 0.05) is 37.9 Å². The van der Waals surface area contributed by atoms with Gasteiger partial charge in [-0.3, -0.25) is 9.88 Å². The number of nitrogens with zero attached hydrogens (tertiary/aromatic N) is 2. The predicted molar refractivity (Wildman–Crippen MR) is 73.5 cm³/mol. The molecule has 2 heterocycles. The third-order valence-electron chi connectivity index (χ3n) is 3.33. The van der Waals surface area contributed by atoms with Crippen molar-refractivity contribution in [2.45, 2.75) is 19.5 Å². The molecule has 3 rings (SSSR count). The van der Waals surface area contributed by atoms with E-state index in [1.807, 2.05) is 6.07 Å². The van der Waals surface area contributed by atoms with Gasteiger partial charge in [-0.15, -0.1) is 0 Å². The SMILES string of the molecule is Clc1cnc2c(c1)CN(Cc1ccccc1)CC2. The van der Waals surface area contributed by atoms with E-state index in [4.69, 9.17) is 11.6 Å². The Bertz CT molecular complexity index is 539. The first-order valence-corrected chi connectivity index (χ1v) is 6.58. The Morgan fingerprint density at radius 3 is 2.89 bits per heavy atom. The highest BCUT2D eigenvalue weighted by atomic mass is 35.5. The Kier molecular flexibility index (Phi) is 3.31. The summed E-state index contributed by atoms with van der Waals surface area (Å²) in [5, 5.41) is 0.732. The fourth-order valence-corrected chi connectivity index (χ4v) is 2.61. The summed E-state index contributed by atoms with van der Waals surface area (Å²) in [6.07, 6.45) is 2.76. The van der Waals surface area contributed by atoms with E-state index in [0.29, 0.717) is 0 Å². The zero-order valence-electron chi connectivity index (χ0n) is 10.1. The largest absolute Gasteiger partial charge is 0.294 e. The molecule has 0 spiro atoms. The highest BCUT2D eigenvalue weighted by Crippen LogP contribution is 2.21. The van der Waals surface area contributed by atoms with E-state index in [2.05, 4.69) is 40.2 Å². The molecule has 1 aromatic heterocycles. The van der Waals surface area contributed by atoms with Crippen molar-refractivity contribution in [3.63, 3.8) is 0 Å². The molecule has 1 aromatic carbocycles. The second kappa shape index (κ2) is 5.09. The van der Waals surface area contributed by atoms with Crippen molar-refractivity contribution >= 4 is 11.6 Å². The van der Waals surface area contributed by atoms with Crippen LogP contribution in [0.2, 0.25) is 5.02 Å². The summed E-state index contributed by atoms with van der Waals surface area (Å²) in [5.41, 5.74) is 3.82. The maximum absolute atomic E-state index is 6.00. The van der Waals surface area contributed by atoms with Gasteiger partial charge in [0.2, 0.25) is 0 Å². The number of halogens is 1. The molecule has 1 aliphatic heterocycles. The van der Waals surface area contributed by atoms with Gasteiger partial charge in [-0.05, 0) is 17.2 Å². The molecular weight excluding hydrogens is 244 g/mol. The van der Waals surface area contributed by atoms with Gasteiger partial charge >= 0.3 is 0 Å². The first kappa shape index (κ1) is 11.7. The zero-order valence-corrected chi connectivity index (χ0v) is 10.9. The van der Waals surface area contributed by atoms with Gasteiger partial charge in [0.25, 0.3) is 0 Å². The molecule has 0 saturated heterocycles. The van der Waals surface area contributed by atoms with Gasteiger partial charge in [0.05, 0.1) is 5.02 Å². The fraction of sp³-hybridized carbons (Fsp3) is 0.267. The van der Waals surface area contributed by atoms with Gasteiger partial charge < -0.3 is 0 Å². The molecule has 2 aromatic rings. The van der Waals surface area contributed by atoms with Crippen molar-refractivity contribution in [3.05, 3.63) is 64.4 Å². The standard InChI is InChI=1S/C15H15ClN2/c16-14-8-13-11-18(7-6-15(13)17-9-14)10-12-4-2-1-3-5-12/h1-5,8-9H,6-7,10-11H2. The number of fused-ring (bicyclic) bond motifs is 1. The summed E-state index contributed by atoms with van der Waals surface area (Å²) in [6.45, 7) is 3.00. The number of hydrogen-bond donors (Lipinski definition) is 0. The van der Waals surface area contributed by atoms with Crippen molar-refractivity contribution in [2.24, 2.45) is 0 Å². The summed E-state index contributed by atoms with van der Waals surface area (Å²) in [4.78, 5) is 6.84. The lowest BCUT2D eigenvalue weighted by molar-refractivity contribution is 0.243. The van der Waals surface area contributed by atoms with E-state index in [1.54, 1.807) is 6.20 Å². The van der Waals surface area contributed by atoms with Gasteiger partial charge in [0.1, 0.15) is 0 Å². The number of benzene rings is 1. The Labute approximate surface area is 112 Å². The quantitative estimate of drug-likeness (QED) is 0.822. The van der Waals surface area contributed by atoms with Crippen molar-refractivity contribution in [1.29, 1.82) is 0 Å². The normalized spacial score (nSPS) is 15.4. The molecule has 1 aliphatic rings. The average molecular weight is 259 g/mol. The molecule has 18 heavy (non-hydrogen) atoms. The lowest BCUT2D eigenvalue weighted by atomic mass is 10.1. The van der Waals surface area contributed by atoms with E-state index >= 15 is 0 Å². The maximum Gasteiger partial charge on any atom is 0.0592 e. The molecule has 0 bridgehead atoms. The molecule has 92 valence electrons. The lowest BCUT2D eigenvalue weighted by Gasteiger charge is -2.28. The van der Waals surface area contributed by atoms with Crippen LogP contribution >= 0.6 is 11.6 Å². The molecule has 0 aliphatic carbocycles. The van der Waals surface area contributed by atoms with Crippen LogP contribution in [0.4, 0.5) is 0 Å². The van der Waals surface area contributed by atoms with Crippen molar-refractivity contribution in [3.8, 4) is 0 Å².